The number of carbonyl (C=O) groups excluding carboxylic acids is 1. The van der Waals surface area contributed by atoms with Gasteiger partial charge in [0.1, 0.15) is 0 Å². The molecule has 0 fully saturated rings. The first kappa shape index (κ1) is 16.6. The van der Waals surface area contributed by atoms with Gasteiger partial charge in [0.05, 0.1) is 5.56 Å². The largest absolute Gasteiger partial charge is 0.400 e. The summed E-state index contributed by atoms with van der Waals surface area (Å²) in [6.07, 6.45) is -1.47. The molecule has 0 radical (unpaired) electrons. The lowest BCUT2D eigenvalue weighted by atomic mass is 10.1. The molecule has 1 aromatic carbocycles. The van der Waals surface area contributed by atoms with Gasteiger partial charge in [-0.25, -0.2) is 4.79 Å². The van der Waals surface area contributed by atoms with Crippen LogP contribution in [0.3, 0.4) is 0 Å². The lowest BCUT2D eigenvalue weighted by Crippen LogP contribution is -2.49. The Hall–Kier alpha value is -1.47. The Morgan fingerprint density at radius 3 is 2.10 bits per heavy atom. The van der Waals surface area contributed by atoms with Gasteiger partial charge < -0.3 is 24.4 Å². The number of hydrogen-bond acceptors (Lipinski definition) is 6. The molecule has 112 valence electrons. The van der Waals surface area contributed by atoms with Gasteiger partial charge in [-0.05, 0) is 32.9 Å². The van der Waals surface area contributed by atoms with Gasteiger partial charge in [-0.3, -0.25) is 0 Å². The minimum absolute atomic E-state index is 0.176. The Morgan fingerprint density at radius 1 is 1.15 bits per heavy atom. The zero-order chi connectivity index (χ0) is 15.2. The van der Waals surface area contributed by atoms with Crippen molar-refractivity contribution in [2.45, 2.75) is 33.0 Å². The first-order chi connectivity index (χ1) is 9.40. The summed E-state index contributed by atoms with van der Waals surface area (Å²) in [4.78, 5) is 11.8. The van der Waals surface area contributed by atoms with E-state index in [-0.39, 0.29) is 18.8 Å². The summed E-state index contributed by atoms with van der Waals surface area (Å²) in [6.45, 7) is 5.54. The molecule has 0 unspecified atom stereocenters. The molecule has 0 aliphatic rings. The van der Waals surface area contributed by atoms with Gasteiger partial charge in [0.15, 0.2) is 0 Å². The molecule has 0 aliphatic heterocycles. The van der Waals surface area contributed by atoms with Crippen LogP contribution < -0.4 is 0 Å². The summed E-state index contributed by atoms with van der Waals surface area (Å²) in [6, 6.07) is 6.50. The molecule has 1 aromatic rings. The van der Waals surface area contributed by atoms with Crippen LogP contribution in [0, 0.1) is 6.92 Å². The molecule has 6 nitrogen and oxygen atoms in total. The molecule has 0 aromatic heterocycles. The molecule has 0 saturated heterocycles. The SMILES string of the molecule is CCOC(OCC)C(O)(O)OC(=O)c1ccc(C)cc1. The molecule has 0 amide bonds. The molecule has 6 heteroatoms. The van der Waals surface area contributed by atoms with E-state index in [1.54, 1.807) is 26.0 Å². The van der Waals surface area contributed by atoms with Crippen LogP contribution in [-0.4, -0.2) is 41.7 Å². The molecule has 2 N–H and O–H groups in total. The number of carbonyl (C=O) groups is 1. The Bertz CT molecular complexity index is 420. The van der Waals surface area contributed by atoms with Crippen LogP contribution in [0.25, 0.3) is 0 Å². The zero-order valence-electron chi connectivity index (χ0n) is 11.8. The molecule has 1 rings (SSSR count). The molecule has 0 atom stereocenters. The normalized spacial score (nSPS) is 11.7. The van der Waals surface area contributed by atoms with Gasteiger partial charge in [0.25, 0.3) is 6.29 Å². The number of aliphatic hydroxyl groups is 2. The van der Waals surface area contributed by atoms with E-state index in [4.69, 9.17) is 9.47 Å². The smallest absolute Gasteiger partial charge is 0.378 e. The van der Waals surface area contributed by atoms with Gasteiger partial charge in [0.2, 0.25) is 0 Å². The van der Waals surface area contributed by atoms with Gasteiger partial charge in [0, 0.05) is 13.2 Å². The predicted octanol–water partition coefficient (Wildman–Crippen LogP) is 1.19. The van der Waals surface area contributed by atoms with Crippen LogP contribution in [0.4, 0.5) is 0 Å². The van der Waals surface area contributed by atoms with Crippen molar-refractivity contribution >= 4 is 5.97 Å². The Kier molecular flexibility index (Phi) is 6.09. The number of esters is 1. The summed E-state index contributed by atoms with van der Waals surface area (Å²) in [7, 11) is 0. The summed E-state index contributed by atoms with van der Waals surface area (Å²) in [5.74, 6) is -3.73. The van der Waals surface area contributed by atoms with Crippen molar-refractivity contribution in [3.63, 3.8) is 0 Å². The fourth-order valence-corrected chi connectivity index (χ4v) is 1.50. The number of hydrogen-bond donors (Lipinski definition) is 2. The highest BCUT2D eigenvalue weighted by Crippen LogP contribution is 2.17. The summed E-state index contributed by atoms with van der Waals surface area (Å²) < 4.78 is 14.7. The topological polar surface area (TPSA) is 85.2 Å². The Labute approximate surface area is 117 Å². The van der Waals surface area contributed by atoms with E-state index in [0.29, 0.717) is 0 Å². The van der Waals surface area contributed by atoms with E-state index in [2.05, 4.69) is 4.74 Å². The second-order valence-electron chi connectivity index (χ2n) is 4.16. The highest BCUT2D eigenvalue weighted by molar-refractivity contribution is 5.89. The second-order valence-corrected chi connectivity index (χ2v) is 4.16. The van der Waals surface area contributed by atoms with E-state index < -0.39 is 18.2 Å². The lowest BCUT2D eigenvalue weighted by molar-refractivity contribution is -0.407. The molecule has 20 heavy (non-hydrogen) atoms. The van der Waals surface area contributed by atoms with Gasteiger partial charge in [-0.1, -0.05) is 17.7 Å². The second kappa shape index (κ2) is 7.35. The van der Waals surface area contributed by atoms with Gasteiger partial charge in [-0.15, -0.1) is 0 Å². The van der Waals surface area contributed by atoms with Gasteiger partial charge in [-0.2, -0.15) is 0 Å². The molecule has 0 heterocycles. The molecule has 0 bridgehead atoms. The maximum atomic E-state index is 11.8. The van der Waals surface area contributed by atoms with E-state index in [0.717, 1.165) is 5.56 Å². The van der Waals surface area contributed by atoms with Crippen molar-refractivity contribution < 1.29 is 29.2 Å². The van der Waals surface area contributed by atoms with Crippen molar-refractivity contribution in [2.75, 3.05) is 13.2 Å². The minimum Gasteiger partial charge on any atom is -0.400 e. The molecule has 0 aliphatic carbocycles. The number of benzene rings is 1. The lowest BCUT2D eigenvalue weighted by Gasteiger charge is -2.29. The molecule has 0 spiro atoms. The maximum absolute atomic E-state index is 11.8. The minimum atomic E-state index is -2.85. The third-order valence-electron chi connectivity index (χ3n) is 2.47. The third-order valence-corrected chi connectivity index (χ3v) is 2.47. The van der Waals surface area contributed by atoms with Crippen LogP contribution in [0.5, 0.6) is 0 Å². The standard InChI is InChI=1S/C14H20O6/c1-4-18-13(19-5-2)14(16,17)20-12(15)11-8-6-10(3)7-9-11/h6-9,13,16-17H,4-5H2,1-3H3. The van der Waals surface area contributed by atoms with E-state index >= 15 is 0 Å². The van der Waals surface area contributed by atoms with Crippen LogP contribution >= 0.6 is 0 Å². The van der Waals surface area contributed by atoms with Crippen LogP contribution in [-0.2, 0) is 14.2 Å². The average Bonchev–Trinajstić information content (AvgIpc) is 2.38. The Morgan fingerprint density at radius 2 is 1.65 bits per heavy atom. The number of aryl methyl sites for hydroxylation is 1. The predicted molar refractivity (Wildman–Crippen MR) is 70.8 cm³/mol. The van der Waals surface area contributed by atoms with Crippen LogP contribution in [0.15, 0.2) is 24.3 Å². The van der Waals surface area contributed by atoms with Crippen molar-refractivity contribution in [3.05, 3.63) is 35.4 Å². The zero-order valence-corrected chi connectivity index (χ0v) is 11.8. The van der Waals surface area contributed by atoms with Crippen molar-refractivity contribution in [3.8, 4) is 0 Å². The summed E-state index contributed by atoms with van der Waals surface area (Å²) in [5.41, 5.74) is 1.18. The fraction of sp³-hybridized carbons (Fsp3) is 0.500. The quantitative estimate of drug-likeness (QED) is 0.578. The van der Waals surface area contributed by atoms with E-state index in [1.165, 1.54) is 12.1 Å². The highest BCUT2D eigenvalue weighted by atomic mass is 16.8. The maximum Gasteiger partial charge on any atom is 0.378 e. The van der Waals surface area contributed by atoms with E-state index in [9.17, 15) is 15.0 Å². The summed E-state index contributed by atoms with van der Waals surface area (Å²) in [5, 5.41) is 19.6. The van der Waals surface area contributed by atoms with Crippen molar-refractivity contribution in [2.24, 2.45) is 0 Å². The number of rotatable bonds is 7. The Balaban J connectivity index is 2.77. The summed E-state index contributed by atoms with van der Waals surface area (Å²) >= 11 is 0. The van der Waals surface area contributed by atoms with E-state index in [1.807, 2.05) is 6.92 Å². The number of ether oxygens (including phenoxy) is 3. The monoisotopic (exact) mass is 284 g/mol. The first-order valence-corrected chi connectivity index (χ1v) is 6.38. The molecular formula is C14H20O6. The first-order valence-electron chi connectivity index (χ1n) is 6.38. The van der Waals surface area contributed by atoms with Gasteiger partial charge >= 0.3 is 11.9 Å². The third kappa shape index (κ3) is 4.57. The van der Waals surface area contributed by atoms with Crippen molar-refractivity contribution in [1.29, 1.82) is 0 Å². The average molecular weight is 284 g/mol. The van der Waals surface area contributed by atoms with Crippen molar-refractivity contribution in [1.82, 2.24) is 0 Å². The van der Waals surface area contributed by atoms with Crippen LogP contribution in [0.1, 0.15) is 29.8 Å². The van der Waals surface area contributed by atoms with Crippen LogP contribution in [0.2, 0.25) is 0 Å². The fourth-order valence-electron chi connectivity index (χ4n) is 1.50. The highest BCUT2D eigenvalue weighted by Gasteiger charge is 2.41. The molecular weight excluding hydrogens is 264 g/mol. The molecule has 0 saturated carbocycles.